The van der Waals surface area contributed by atoms with Crippen LogP contribution in [0.4, 0.5) is 20.2 Å². The monoisotopic (exact) mass is 282 g/mol. The van der Waals surface area contributed by atoms with Gasteiger partial charge in [0.25, 0.3) is 5.91 Å². The molecule has 0 saturated carbocycles. The number of rotatable bonds is 2. The summed E-state index contributed by atoms with van der Waals surface area (Å²) in [7, 11) is 0. The van der Waals surface area contributed by atoms with Gasteiger partial charge in [0.15, 0.2) is 0 Å². The van der Waals surface area contributed by atoms with Crippen molar-refractivity contribution in [1.29, 1.82) is 0 Å². The van der Waals surface area contributed by atoms with E-state index in [0.29, 0.717) is 0 Å². The second-order valence-electron chi connectivity index (χ2n) is 3.81. The van der Waals surface area contributed by atoms with Crippen molar-refractivity contribution in [2.45, 2.75) is 0 Å². The van der Waals surface area contributed by atoms with Crippen LogP contribution in [0.3, 0.4) is 0 Å². The van der Waals surface area contributed by atoms with Gasteiger partial charge in [0.1, 0.15) is 11.6 Å². The molecule has 0 aliphatic carbocycles. The molecule has 0 aromatic heterocycles. The third-order valence-corrected chi connectivity index (χ3v) is 2.67. The van der Waals surface area contributed by atoms with Crippen LogP contribution in [-0.2, 0) is 0 Å². The molecule has 0 heterocycles. The Hall–Kier alpha value is -2.14. The maximum Gasteiger partial charge on any atom is 0.258 e. The molecular weight excluding hydrogens is 274 g/mol. The van der Waals surface area contributed by atoms with Gasteiger partial charge in [0.05, 0.1) is 11.3 Å². The molecule has 0 bridgehead atoms. The van der Waals surface area contributed by atoms with Gasteiger partial charge in [-0.05, 0) is 36.4 Å². The molecule has 0 saturated heterocycles. The van der Waals surface area contributed by atoms with Gasteiger partial charge in [0, 0.05) is 10.7 Å². The summed E-state index contributed by atoms with van der Waals surface area (Å²) < 4.78 is 26.7. The Labute approximate surface area is 113 Å². The highest BCUT2D eigenvalue weighted by atomic mass is 35.5. The van der Waals surface area contributed by atoms with Gasteiger partial charge in [-0.3, -0.25) is 4.79 Å². The molecule has 0 atom stereocenters. The van der Waals surface area contributed by atoms with Gasteiger partial charge in [-0.2, -0.15) is 0 Å². The summed E-state index contributed by atoms with van der Waals surface area (Å²) in [4.78, 5) is 11.8. The van der Waals surface area contributed by atoms with E-state index in [1.165, 1.54) is 24.3 Å². The third-order valence-electron chi connectivity index (χ3n) is 2.43. The molecule has 0 fully saturated rings. The predicted octanol–water partition coefficient (Wildman–Crippen LogP) is 3.45. The van der Waals surface area contributed by atoms with Crippen LogP contribution >= 0.6 is 11.6 Å². The van der Waals surface area contributed by atoms with Crippen LogP contribution in [0.1, 0.15) is 10.4 Å². The van der Waals surface area contributed by atoms with Gasteiger partial charge in [0.2, 0.25) is 0 Å². The van der Waals surface area contributed by atoms with Crippen molar-refractivity contribution in [1.82, 2.24) is 0 Å². The lowest BCUT2D eigenvalue weighted by Gasteiger charge is -2.07. The zero-order valence-corrected chi connectivity index (χ0v) is 10.3. The number of amides is 1. The summed E-state index contributed by atoms with van der Waals surface area (Å²) in [6.45, 7) is 0. The topological polar surface area (TPSA) is 55.1 Å². The van der Waals surface area contributed by atoms with E-state index in [9.17, 15) is 13.6 Å². The molecule has 98 valence electrons. The van der Waals surface area contributed by atoms with Gasteiger partial charge in [-0.15, -0.1) is 0 Å². The zero-order chi connectivity index (χ0) is 14.0. The number of hydrogen-bond acceptors (Lipinski definition) is 2. The predicted molar refractivity (Wildman–Crippen MR) is 70.2 cm³/mol. The number of anilines is 2. The molecule has 6 heteroatoms. The standard InChI is InChI=1S/C13H9ClF2N2O/c14-7-1-3-9(10(15)5-7)13(19)18-8-2-4-12(17)11(16)6-8/h1-6H,17H2,(H,18,19). The molecule has 0 aliphatic heterocycles. The van der Waals surface area contributed by atoms with Crippen LogP contribution in [0.25, 0.3) is 0 Å². The number of carbonyl (C=O) groups excluding carboxylic acids is 1. The Bertz CT molecular complexity index is 647. The Morgan fingerprint density at radius 1 is 1.11 bits per heavy atom. The molecule has 3 nitrogen and oxygen atoms in total. The average Bonchev–Trinajstić information content (AvgIpc) is 2.33. The summed E-state index contributed by atoms with van der Waals surface area (Å²) in [5, 5.41) is 2.56. The van der Waals surface area contributed by atoms with E-state index in [-0.39, 0.29) is 22.0 Å². The highest BCUT2D eigenvalue weighted by molar-refractivity contribution is 6.30. The molecule has 1 amide bonds. The lowest BCUT2D eigenvalue weighted by Crippen LogP contribution is -2.14. The first-order valence-corrected chi connectivity index (χ1v) is 5.66. The molecule has 0 aliphatic rings. The van der Waals surface area contributed by atoms with Crippen molar-refractivity contribution in [3.8, 4) is 0 Å². The minimum atomic E-state index is -0.749. The summed E-state index contributed by atoms with van der Waals surface area (Å²) in [6, 6.07) is 7.46. The average molecular weight is 283 g/mol. The van der Waals surface area contributed by atoms with Gasteiger partial charge < -0.3 is 11.1 Å². The lowest BCUT2D eigenvalue weighted by molar-refractivity contribution is 0.102. The van der Waals surface area contributed by atoms with Crippen molar-refractivity contribution in [2.75, 3.05) is 11.1 Å². The number of halogens is 3. The molecule has 0 radical (unpaired) electrons. The van der Waals surface area contributed by atoms with Crippen LogP contribution in [0, 0.1) is 11.6 Å². The second-order valence-corrected chi connectivity index (χ2v) is 4.25. The van der Waals surface area contributed by atoms with Crippen molar-refractivity contribution >= 4 is 28.9 Å². The first-order valence-electron chi connectivity index (χ1n) is 5.29. The van der Waals surface area contributed by atoms with Crippen LogP contribution < -0.4 is 11.1 Å². The van der Waals surface area contributed by atoms with Gasteiger partial charge in [-0.1, -0.05) is 11.6 Å². The highest BCUT2D eigenvalue weighted by Crippen LogP contribution is 2.19. The van der Waals surface area contributed by atoms with E-state index >= 15 is 0 Å². The zero-order valence-electron chi connectivity index (χ0n) is 9.58. The second kappa shape index (κ2) is 5.24. The van der Waals surface area contributed by atoms with Crippen LogP contribution in [0.2, 0.25) is 5.02 Å². The molecule has 3 N–H and O–H groups in total. The van der Waals surface area contributed by atoms with E-state index in [1.807, 2.05) is 0 Å². The van der Waals surface area contributed by atoms with Crippen molar-refractivity contribution in [3.63, 3.8) is 0 Å². The fourth-order valence-corrected chi connectivity index (χ4v) is 1.64. The molecule has 0 unspecified atom stereocenters. The van der Waals surface area contributed by atoms with Gasteiger partial charge >= 0.3 is 0 Å². The number of carbonyl (C=O) groups is 1. The number of nitrogen functional groups attached to an aromatic ring is 1. The summed E-state index contributed by atoms with van der Waals surface area (Å²) >= 11 is 5.58. The molecule has 2 rings (SSSR count). The Balaban J connectivity index is 2.23. The SMILES string of the molecule is Nc1ccc(NC(=O)c2ccc(Cl)cc2F)cc1F. The van der Waals surface area contributed by atoms with Crippen molar-refractivity contribution < 1.29 is 13.6 Å². The first kappa shape index (κ1) is 13.3. The van der Waals surface area contributed by atoms with E-state index in [2.05, 4.69) is 5.32 Å². The van der Waals surface area contributed by atoms with E-state index in [1.54, 1.807) is 0 Å². The lowest BCUT2D eigenvalue weighted by atomic mass is 10.2. The summed E-state index contributed by atoms with van der Waals surface area (Å²) in [6.07, 6.45) is 0. The number of hydrogen-bond donors (Lipinski definition) is 2. The fraction of sp³-hybridized carbons (Fsp3) is 0. The Kier molecular flexibility index (Phi) is 3.66. The van der Waals surface area contributed by atoms with E-state index in [0.717, 1.165) is 12.1 Å². The maximum atomic E-state index is 13.5. The maximum absolute atomic E-state index is 13.5. The molecular formula is C13H9ClF2N2O. The minimum absolute atomic E-state index is 0.0318. The van der Waals surface area contributed by atoms with Crippen molar-refractivity contribution in [2.24, 2.45) is 0 Å². The quantitative estimate of drug-likeness (QED) is 0.829. The largest absolute Gasteiger partial charge is 0.396 e. The Morgan fingerprint density at radius 2 is 1.84 bits per heavy atom. The minimum Gasteiger partial charge on any atom is -0.396 e. The summed E-state index contributed by atoms with van der Waals surface area (Å²) in [5.41, 5.74) is 5.28. The molecule has 2 aromatic carbocycles. The third kappa shape index (κ3) is 3.00. The molecule has 0 spiro atoms. The number of nitrogens with two attached hydrogens (primary N) is 1. The highest BCUT2D eigenvalue weighted by Gasteiger charge is 2.12. The van der Waals surface area contributed by atoms with Crippen LogP contribution in [0.15, 0.2) is 36.4 Å². The number of benzene rings is 2. The first-order chi connectivity index (χ1) is 8.97. The Morgan fingerprint density at radius 3 is 2.47 bits per heavy atom. The normalized spacial score (nSPS) is 10.3. The molecule has 2 aromatic rings. The summed E-state index contributed by atoms with van der Waals surface area (Å²) in [5.74, 6) is -2.10. The van der Waals surface area contributed by atoms with E-state index < -0.39 is 17.5 Å². The van der Waals surface area contributed by atoms with Crippen molar-refractivity contribution in [3.05, 3.63) is 58.6 Å². The van der Waals surface area contributed by atoms with Crippen LogP contribution in [0.5, 0.6) is 0 Å². The van der Waals surface area contributed by atoms with E-state index in [4.69, 9.17) is 17.3 Å². The smallest absolute Gasteiger partial charge is 0.258 e. The number of nitrogens with one attached hydrogen (secondary N) is 1. The molecule has 19 heavy (non-hydrogen) atoms. The van der Waals surface area contributed by atoms with Gasteiger partial charge in [-0.25, -0.2) is 8.78 Å². The van der Waals surface area contributed by atoms with Crippen LogP contribution in [-0.4, -0.2) is 5.91 Å². The fourth-order valence-electron chi connectivity index (χ4n) is 1.48.